The molecule has 4 aromatic rings. The summed E-state index contributed by atoms with van der Waals surface area (Å²) in [5, 5.41) is 0. The van der Waals surface area contributed by atoms with Crippen molar-refractivity contribution >= 4 is 9.84 Å². The van der Waals surface area contributed by atoms with Gasteiger partial charge in [-0.2, -0.15) is 0 Å². The first-order chi connectivity index (χ1) is 17.9. The minimum absolute atomic E-state index is 0.0551. The maximum atomic E-state index is 13.1. The lowest BCUT2D eigenvalue weighted by atomic mass is 10.2. The average Bonchev–Trinajstić information content (AvgIpc) is 3.47. The number of aromatic nitrogens is 2. The second-order valence-electron chi connectivity index (χ2n) is 9.11. The SMILES string of the molecule is CN(CCOc1ccc(-n2ccn(-c3ccc(Oc4ccccc4)cc3)c2=O)cc1)C1CCS(=O)(=O)C1. The number of nitrogens with zero attached hydrogens (tertiary/aromatic N) is 3. The molecule has 37 heavy (non-hydrogen) atoms. The zero-order valence-electron chi connectivity index (χ0n) is 20.6. The molecule has 0 amide bonds. The number of ether oxygens (including phenoxy) is 2. The molecule has 1 fully saturated rings. The van der Waals surface area contributed by atoms with E-state index in [0.29, 0.717) is 31.1 Å². The number of sulfone groups is 1. The summed E-state index contributed by atoms with van der Waals surface area (Å²) in [6.45, 7) is 1.09. The molecule has 3 aromatic carbocycles. The topological polar surface area (TPSA) is 82.8 Å². The first-order valence-corrected chi connectivity index (χ1v) is 14.0. The third-order valence-electron chi connectivity index (χ3n) is 6.53. The standard InChI is InChI=1S/C28H29N3O5S/c1-29(24-15-20-37(33,34)21-24)18-19-35-25-11-7-22(8-12-25)30-16-17-31(28(30)32)23-9-13-27(14-10-23)36-26-5-3-2-4-6-26/h2-14,16-17,24H,15,18-21H2,1H3. The fourth-order valence-corrected chi connectivity index (χ4v) is 6.19. The zero-order valence-corrected chi connectivity index (χ0v) is 21.4. The first-order valence-electron chi connectivity index (χ1n) is 12.2. The highest BCUT2D eigenvalue weighted by molar-refractivity contribution is 7.91. The van der Waals surface area contributed by atoms with Gasteiger partial charge in [0.25, 0.3) is 0 Å². The van der Waals surface area contributed by atoms with Gasteiger partial charge in [-0.3, -0.25) is 14.0 Å². The van der Waals surface area contributed by atoms with Crippen LogP contribution in [0.3, 0.4) is 0 Å². The minimum Gasteiger partial charge on any atom is -0.492 e. The summed E-state index contributed by atoms with van der Waals surface area (Å²) >= 11 is 0. The van der Waals surface area contributed by atoms with Crippen molar-refractivity contribution in [2.45, 2.75) is 12.5 Å². The molecule has 0 spiro atoms. The van der Waals surface area contributed by atoms with Crippen LogP contribution in [0.4, 0.5) is 0 Å². The summed E-state index contributed by atoms with van der Waals surface area (Å²) in [6, 6.07) is 24.3. The molecule has 0 saturated carbocycles. The van der Waals surface area contributed by atoms with E-state index >= 15 is 0 Å². The maximum absolute atomic E-state index is 13.1. The van der Waals surface area contributed by atoms with Gasteiger partial charge in [-0.1, -0.05) is 18.2 Å². The second kappa shape index (κ2) is 10.7. The Morgan fingerprint density at radius 3 is 1.97 bits per heavy atom. The number of hydrogen-bond donors (Lipinski definition) is 0. The molecule has 1 atom stereocenters. The molecule has 2 heterocycles. The Morgan fingerprint density at radius 1 is 0.838 bits per heavy atom. The van der Waals surface area contributed by atoms with E-state index in [1.807, 2.05) is 90.8 Å². The average molecular weight is 520 g/mol. The summed E-state index contributed by atoms with van der Waals surface area (Å²) in [5.74, 6) is 2.62. The molecule has 1 aliphatic rings. The Morgan fingerprint density at radius 2 is 1.41 bits per heavy atom. The van der Waals surface area contributed by atoms with Crippen LogP contribution in [-0.2, 0) is 9.84 Å². The van der Waals surface area contributed by atoms with E-state index < -0.39 is 9.84 Å². The van der Waals surface area contributed by atoms with Crippen LogP contribution < -0.4 is 15.2 Å². The van der Waals surface area contributed by atoms with Gasteiger partial charge in [-0.15, -0.1) is 0 Å². The fraction of sp³-hybridized carbons (Fsp3) is 0.250. The van der Waals surface area contributed by atoms with Gasteiger partial charge in [0, 0.05) is 25.0 Å². The minimum atomic E-state index is -2.90. The lowest BCUT2D eigenvalue weighted by Gasteiger charge is -2.22. The molecule has 1 aromatic heterocycles. The largest absolute Gasteiger partial charge is 0.492 e. The number of likely N-dealkylation sites (N-methyl/N-ethyl adjacent to an activating group) is 1. The summed E-state index contributed by atoms with van der Waals surface area (Å²) in [4.78, 5) is 15.1. The predicted octanol–water partition coefficient (Wildman–Crippen LogP) is 3.92. The van der Waals surface area contributed by atoms with Gasteiger partial charge in [0.05, 0.1) is 22.9 Å². The number of para-hydroxylation sites is 1. The molecule has 0 radical (unpaired) electrons. The lowest BCUT2D eigenvalue weighted by molar-refractivity contribution is 0.202. The summed E-state index contributed by atoms with van der Waals surface area (Å²) in [5.41, 5.74) is 1.29. The van der Waals surface area contributed by atoms with E-state index in [9.17, 15) is 13.2 Å². The second-order valence-corrected chi connectivity index (χ2v) is 11.3. The van der Waals surface area contributed by atoms with Crippen LogP contribution in [0.15, 0.2) is 96.1 Å². The van der Waals surface area contributed by atoms with Crippen molar-refractivity contribution in [1.82, 2.24) is 14.0 Å². The number of hydrogen-bond acceptors (Lipinski definition) is 6. The van der Waals surface area contributed by atoms with Gasteiger partial charge in [0.1, 0.15) is 23.9 Å². The third kappa shape index (κ3) is 5.95. The third-order valence-corrected chi connectivity index (χ3v) is 8.28. The van der Waals surface area contributed by atoms with Crippen molar-refractivity contribution in [3.63, 3.8) is 0 Å². The molecule has 0 bridgehead atoms. The molecule has 5 rings (SSSR count). The highest BCUT2D eigenvalue weighted by Gasteiger charge is 2.30. The first kappa shape index (κ1) is 24.9. The maximum Gasteiger partial charge on any atom is 0.337 e. The van der Waals surface area contributed by atoms with E-state index in [0.717, 1.165) is 17.1 Å². The Kier molecular flexibility index (Phi) is 7.16. The van der Waals surface area contributed by atoms with Crippen molar-refractivity contribution in [3.05, 3.63) is 102 Å². The van der Waals surface area contributed by atoms with Crippen molar-refractivity contribution in [2.24, 2.45) is 0 Å². The lowest BCUT2D eigenvalue weighted by Crippen LogP contribution is -2.35. The molecular formula is C28H29N3O5S. The van der Waals surface area contributed by atoms with Gasteiger partial charge in [0.15, 0.2) is 9.84 Å². The van der Waals surface area contributed by atoms with E-state index in [1.165, 1.54) is 0 Å². The zero-order chi connectivity index (χ0) is 25.8. The number of imidazole rings is 1. The fourth-order valence-electron chi connectivity index (χ4n) is 4.39. The van der Waals surface area contributed by atoms with E-state index in [2.05, 4.69) is 0 Å². The Balaban J connectivity index is 1.19. The number of benzene rings is 3. The molecule has 0 N–H and O–H groups in total. The van der Waals surface area contributed by atoms with Crippen LogP contribution in [0, 0.1) is 0 Å². The predicted molar refractivity (Wildman–Crippen MR) is 143 cm³/mol. The molecule has 1 saturated heterocycles. The van der Waals surface area contributed by atoms with Crippen molar-refractivity contribution in [3.8, 4) is 28.6 Å². The van der Waals surface area contributed by atoms with Crippen molar-refractivity contribution in [1.29, 1.82) is 0 Å². The van der Waals surface area contributed by atoms with Crippen LogP contribution in [0.2, 0.25) is 0 Å². The Bertz CT molecular complexity index is 1490. The molecule has 8 nitrogen and oxygen atoms in total. The van der Waals surface area contributed by atoms with E-state index in [1.54, 1.807) is 21.5 Å². The van der Waals surface area contributed by atoms with Gasteiger partial charge in [-0.25, -0.2) is 13.2 Å². The van der Waals surface area contributed by atoms with Crippen LogP contribution >= 0.6 is 0 Å². The van der Waals surface area contributed by atoms with Crippen molar-refractivity contribution in [2.75, 3.05) is 31.7 Å². The molecule has 0 aliphatic carbocycles. The monoisotopic (exact) mass is 519 g/mol. The Hall–Kier alpha value is -3.82. The highest BCUT2D eigenvalue weighted by Crippen LogP contribution is 2.22. The molecule has 192 valence electrons. The molecule has 1 unspecified atom stereocenters. The van der Waals surface area contributed by atoms with E-state index in [4.69, 9.17) is 9.47 Å². The van der Waals surface area contributed by atoms with Crippen LogP contribution in [0.25, 0.3) is 11.4 Å². The smallest absolute Gasteiger partial charge is 0.337 e. The molecular weight excluding hydrogens is 490 g/mol. The summed E-state index contributed by atoms with van der Waals surface area (Å²) in [7, 11) is -0.970. The van der Waals surface area contributed by atoms with Gasteiger partial charge in [0.2, 0.25) is 0 Å². The van der Waals surface area contributed by atoms with E-state index in [-0.39, 0.29) is 23.2 Å². The summed E-state index contributed by atoms with van der Waals surface area (Å²) in [6.07, 6.45) is 4.14. The molecule has 1 aliphatic heterocycles. The molecule has 9 heteroatoms. The quantitative estimate of drug-likeness (QED) is 0.333. The van der Waals surface area contributed by atoms with Crippen LogP contribution in [-0.4, -0.2) is 60.2 Å². The van der Waals surface area contributed by atoms with Crippen LogP contribution in [0.5, 0.6) is 17.2 Å². The normalized spacial score (nSPS) is 16.6. The van der Waals surface area contributed by atoms with Gasteiger partial charge in [-0.05, 0) is 74.1 Å². The van der Waals surface area contributed by atoms with Gasteiger partial charge >= 0.3 is 5.69 Å². The number of rotatable bonds is 9. The summed E-state index contributed by atoms with van der Waals surface area (Å²) < 4.78 is 38.2. The van der Waals surface area contributed by atoms with Crippen molar-refractivity contribution < 1.29 is 17.9 Å². The highest BCUT2D eigenvalue weighted by atomic mass is 32.2. The van der Waals surface area contributed by atoms with Crippen LogP contribution in [0.1, 0.15) is 6.42 Å². The van der Waals surface area contributed by atoms with Gasteiger partial charge < -0.3 is 9.47 Å². The Labute approximate surface area is 216 Å².